The largest absolute Gasteiger partial charge is 0.465 e. The molecule has 9 nitrogen and oxygen atoms in total. The van der Waals surface area contributed by atoms with Gasteiger partial charge in [-0.05, 0) is 98.9 Å². The van der Waals surface area contributed by atoms with Gasteiger partial charge in [-0.1, -0.05) is 26.0 Å². The summed E-state index contributed by atoms with van der Waals surface area (Å²) in [6.45, 7) is 10.4. The maximum atomic E-state index is 12.3. The molecule has 0 radical (unpaired) electrons. The molecular formula is C31H39N3O6. The highest BCUT2D eigenvalue weighted by atomic mass is 17.3. The third kappa shape index (κ3) is 4.79. The minimum atomic E-state index is -0.812. The zero-order chi connectivity index (χ0) is 28.1. The molecule has 5 fully saturated rings. The number of amides is 2. The van der Waals surface area contributed by atoms with Gasteiger partial charge in [-0.15, -0.1) is 0 Å². The van der Waals surface area contributed by atoms with Crippen LogP contribution in [0.25, 0.3) is 0 Å². The van der Waals surface area contributed by atoms with Gasteiger partial charge in [-0.25, -0.2) is 20.0 Å². The predicted molar refractivity (Wildman–Crippen MR) is 150 cm³/mol. The van der Waals surface area contributed by atoms with Gasteiger partial charge in [0.15, 0.2) is 11.9 Å². The molecule has 2 aromatic carbocycles. The van der Waals surface area contributed by atoms with E-state index in [1.165, 1.54) is 0 Å². The number of nitrogens with one attached hydrogen (secondary N) is 2. The number of fused-ring (bicyclic) bond motifs is 2. The molecule has 1 spiro atoms. The van der Waals surface area contributed by atoms with E-state index in [1.807, 2.05) is 63.2 Å². The van der Waals surface area contributed by atoms with Gasteiger partial charge in [0.1, 0.15) is 5.75 Å². The molecule has 5 aliphatic rings. The molecule has 2 N–H and O–H groups in total. The molecule has 7 rings (SSSR count). The van der Waals surface area contributed by atoms with Crippen molar-refractivity contribution < 1.29 is 28.8 Å². The highest BCUT2D eigenvalue weighted by molar-refractivity contribution is 5.91. The van der Waals surface area contributed by atoms with Crippen molar-refractivity contribution in [3.05, 3.63) is 59.2 Å². The first-order valence-electron chi connectivity index (χ1n) is 14.3. The number of carbonyl (C=O) groups is 1. The lowest BCUT2D eigenvalue weighted by Crippen LogP contribution is -2.70. The van der Waals surface area contributed by atoms with E-state index in [0.29, 0.717) is 17.6 Å². The van der Waals surface area contributed by atoms with E-state index in [9.17, 15) is 4.79 Å². The van der Waals surface area contributed by atoms with Crippen molar-refractivity contribution >= 4 is 17.9 Å². The molecule has 1 aliphatic carbocycles. The Kier molecular flexibility index (Phi) is 7.11. The van der Waals surface area contributed by atoms with Gasteiger partial charge in [0, 0.05) is 23.9 Å². The second kappa shape index (κ2) is 10.4. The molecule has 4 heterocycles. The molecule has 0 aromatic heterocycles. The van der Waals surface area contributed by atoms with Crippen molar-refractivity contribution in [1.82, 2.24) is 5.43 Å². The zero-order valence-corrected chi connectivity index (χ0v) is 23.8. The van der Waals surface area contributed by atoms with Crippen LogP contribution in [-0.4, -0.2) is 36.2 Å². The van der Waals surface area contributed by atoms with E-state index in [0.717, 1.165) is 48.1 Å². The summed E-state index contributed by atoms with van der Waals surface area (Å²) in [4.78, 5) is 24.4. The number of carbonyl (C=O) groups excluding carboxylic acids is 1. The monoisotopic (exact) mass is 549 g/mol. The number of hydrogen-bond acceptors (Lipinski definition) is 7. The quantitative estimate of drug-likeness (QED) is 0.268. The average molecular weight is 550 g/mol. The fourth-order valence-corrected chi connectivity index (χ4v) is 6.98. The van der Waals surface area contributed by atoms with Crippen LogP contribution in [0, 0.1) is 37.5 Å². The first-order valence-corrected chi connectivity index (χ1v) is 14.3. The summed E-state index contributed by atoms with van der Waals surface area (Å²) in [7, 11) is 0. The number of rotatable bonds is 5. The van der Waals surface area contributed by atoms with Crippen LogP contribution in [0.15, 0.2) is 47.6 Å². The Labute approximate surface area is 235 Å². The third-order valence-electron chi connectivity index (χ3n) is 9.46. The predicted octanol–water partition coefficient (Wildman–Crippen LogP) is 6.05. The topological polar surface area (TPSA) is 99.6 Å². The van der Waals surface area contributed by atoms with Gasteiger partial charge >= 0.3 is 6.03 Å². The maximum absolute atomic E-state index is 12.3. The van der Waals surface area contributed by atoms with Crippen LogP contribution < -0.4 is 15.5 Å². The van der Waals surface area contributed by atoms with Crippen LogP contribution in [0.1, 0.15) is 63.1 Å². The third-order valence-corrected chi connectivity index (χ3v) is 9.46. The number of nitrogens with zero attached hydrogens (tertiary/aromatic N) is 1. The van der Waals surface area contributed by atoms with Crippen molar-refractivity contribution in [1.29, 1.82) is 0 Å². The van der Waals surface area contributed by atoms with E-state index in [4.69, 9.17) is 24.0 Å². The first kappa shape index (κ1) is 27.2. The Bertz CT molecular complexity index is 1280. The summed E-state index contributed by atoms with van der Waals surface area (Å²) in [6, 6.07) is 12.9. The Morgan fingerprint density at radius 1 is 1.05 bits per heavy atom. The van der Waals surface area contributed by atoms with Gasteiger partial charge < -0.3 is 19.5 Å². The van der Waals surface area contributed by atoms with Gasteiger partial charge in [0.05, 0.1) is 6.21 Å². The molecule has 2 bridgehead atoms. The number of aryl methyl sites for hydroxylation is 1. The zero-order valence-electron chi connectivity index (χ0n) is 23.8. The number of hydrazone groups is 1. The van der Waals surface area contributed by atoms with Gasteiger partial charge in [-0.2, -0.15) is 5.10 Å². The van der Waals surface area contributed by atoms with E-state index in [-0.39, 0.29) is 11.8 Å². The van der Waals surface area contributed by atoms with Gasteiger partial charge in [-0.3, -0.25) is 0 Å². The fourth-order valence-electron chi connectivity index (χ4n) is 6.98. The summed E-state index contributed by atoms with van der Waals surface area (Å²) in [5, 5.41) is 6.90. The summed E-state index contributed by atoms with van der Waals surface area (Å²) in [6.07, 6.45) is 4.51. The molecule has 214 valence electrons. The van der Waals surface area contributed by atoms with Crippen LogP contribution in [-0.2, 0) is 19.2 Å². The van der Waals surface area contributed by atoms with Crippen LogP contribution >= 0.6 is 0 Å². The van der Waals surface area contributed by atoms with Crippen LogP contribution in [0.4, 0.5) is 10.5 Å². The lowest BCUT2D eigenvalue weighted by Gasteiger charge is -2.60. The molecule has 40 heavy (non-hydrogen) atoms. The molecule has 4 saturated heterocycles. The maximum Gasteiger partial charge on any atom is 0.339 e. The Hall–Kier alpha value is -2.98. The molecule has 1 saturated carbocycles. The summed E-state index contributed by atoms with van der Waals surface area (Å²) in [5.41, 5.74) is 5.62. The second-order valence-corrected chi connectivity index (χ2v) is 12.0. The Morgan fingerprint density at radius 3 is 2.65 bits per heavy atom. The smallest absolute Gasteiger partial charge is 0.339 e. The second-order valence-electron chi connectivity index (χ2n) is 12.0. The molecule has 1 unspecified atom stereocenters. The van der Waals surface area contributed by atoms with Crippen molar-refractivity contribution in [2.45, 2.75) is 84.3 Å². The van der Waals surface area contributed by atoms with E-state index < -0.39 is 30.0 Å². The molecule has 9 heteroatoms. The van der Waals surface area contributed by atoms with Gasteiger partial charge in [0.2, 0.25) is 12.1 Å². The van der Waals surface area contributed by atoms with Crippen LogP contribution in [0.5, 0.6) is 5.75 Å². The van der Waals surface area contributed by atoms with Crippen molar-refractivity contribution in [2.24, 2.45) is 28.8 Å². The molecular weight excluding hydrogens is 510 g/mol. The Morgan fingerprint density at radius 2 is 1.85 bits per heavy atom. The minimum absolute atomic E-state index is 0.0851. The molecule has 8 atom stereocenters. The number of benzene rings is 2. The lowest BCUT2D eigenvalue weighted by molar-refractivity contribution is -0.575. The number of urea groups is 1. The molecule has 2 amide bonds. The molecule has 4 aliphatic heterocycles. The van der Waals surface area contributed by atoms with Crippen LogP contribution in [0.3, 0.4) is 0 Å². The SMILES string of the molecule is Cc1cccc(NC(=O)N/N=C/c2ccc(O[C@H]3OC4O[C@]5(C)CC[C@H]6[C@H](C)CC[C@@H]([C@H]3C)[C@@]46OO5)cc2)c1C. The molecule has 2 aromatic rings. The van der Waals surface area contributed by atoms with E-state index >= 15 is 0 Å². The van der Waals surface area contributed by atoms with Crippen molar-refractivity contribution in [2.75, 3.05) is 5.32 Å². The number of anilines is 1. The van der Waals surface area contributed by atoms with E-state index in [1.54, 1.807) is 6.21 Å². The summed E-state index contributed by atoms with van der Waals surface area (Å²) >= 11 is 0. The van der Waals surface area contributed by atoms with Crippen molar-refractivity contribution in [3.63, 3.8) is 0 Å². The van der Waals surface area contributed by atoms with E-state index in [2.05, 4.69) is 29.7 Å². The normalized spacial score (nSPS) is 36.5. The van der Waals surface area contributed by atoms with Crippen LogP contribution in [0.2, 0.25) is 0 Å². The summed E-state index contributed by atoms with van der Waals surface area (Å²) in [5.74, 6) is 0.996. The lowest BCUT2D eigenvalue weighted by atomic mass is 9.58. The number of hydrogen-bond donors (Lipinski definition) is 2. The van der Waals surface area contributed by atoms with Crippen molar-refractivity contribution in [3.8, 4) is 5.75 Å². The standard InChI is InChI=1S/C31H39N3O6/c1-18-7-6-8-26(20(18)3)33-29(35)34-32-17-22-10-12-23(13-11-22)36-27-21(4)25-14-9-19(2)24-15-16-30(5)38-28(37-27)31(24,25)40-39-30/h6-8,10-13,17,19,21,24-25,27-28H,9,14-16H2,1-5H3,(H2,33,34,35)/b32-17+/t19-,21-,24+,25+,27+,28?,30+,31-/m1/s1. The van der Waals surface area contributed by atoms with Gasteiger partial charge in [0.25, 0.3) is 0 Å². The highest BCUT2D eigenvalue weighted by Crippen LogP contribution is 2.60. The highest BCUT2D eigenvalue weighted by Gasteiger charge is 2.69. The fraction of sp³-hybridized carbons (Fsp3) is 0.548. The first-order chi connectivity index (χ1) is 19.2. The Balaban J connectivity index is 1.09. The summed E-state index contributed by atoms with van der Waals surface area (Å²) < 4.78 is 19.3. The minimum Gasteiger partial charge on any atom is -0.465 e. The number of ether oxygens (including phenoxy) is 3. The average Bonchev–Trinajstić information content (AvgIpc) is 3.16.